The lowest BCUT2D eigenvalue weighted by molar-refractivity contribution is 1.15. The number of nitrogens with one attached hydrogen (secondary N) is 1. The maximum Gasteiger partial charge on any atom is 0.228 e. The fraction of sp³-hybridized carbons (Fsp3) is 0.0588. The monoisotopic (exact) mass is 287 g/mol. The molecule has 0 saturated heterocycles. The molecule has 0 fully saturated rings. The Morgan fingerprint density at radius 2 is 1.95 bits per heavy atom. The third-order valence-electron chi connectivity index (χ3n) is 3.48. The molecule has 4 rings (SSSR count). The van der Waals surface area contributed by atoms with E-state index in [0.717, 1.165) is 29.2 Å². The van der Waals surface area contributed by atoms with Crippen LogP contribution in [0.1, 0.15) is 5.56 Å². The summed E-state index contributed by atoms with van der Waals surface area (Å²) in [7, 11) is 0. The fourth-order valence-electron chi connectivity index (χ4n) is 2.41. The Balaban J connectivity index is 1.64. The van der Waals surface area contributed by atoms with Crippen LogP contribution in [-0.4, -0.2) is 21.2 Å². The lowest BCUT2D eigenvalue weighted by atomic mass is 10.1. The minimum atomic E-state index is 0.535. The van der Waals surface area contributed by atoms with Gasteiger partial charge in [-0.15, -0.1) is 0 Å². The second-order valence-electron chi connectivity index (χ2n) is 4.96. The van der Waals surface area contributed by atoms with Crippen LogP contribution >= 0.6 is 0 Å². The lowest BCUT2D eigenvalue weighted by Crippen LogP contribution is -1.99. The smallest absolute Gasteiger partial charge is 0.228 e. The van der Waals surface area contributed by atoms with Crippen LogP contribution in [0.4, 0.5) is 17.5 Å². The highest BCUT2D eigenvalue weighted by atomic mass is 15.1. The third kappa shape index (κ3) is 2.44. The van der Waals surface area contributed by atoms with E-state index in [2.05, 4.69) is 31.3 Å². The molecule has 0 radical (unpaired) electrons. The van der Waals surface area contributed by atoms with E-state index in [9.17, 15) is 0 Å². The molecule has 22 heavy (non-hydrogen) atoms. The normalized spacial score (nSPS) is 12.2. The van der Waals surface area contributed by atoms with E-state index < -0.39 is 0 Å². The van der Waals surface area contributed by atoms with Gasteiger partial charge < -0.3 is 5.32 Å². The van der Waals surface area contributed by atoms with Crippen LogP contribution in [0, 0.1) is 0 Å². The van der Waals surface area contributed by atoms with Gasteiger partial charge in [0, 0.05) is 30.6 Å². The van der Waals surface area contributed by atoms with E-state index in [1.54, 1.807) is 12.4 Å². The summed E-state index contributed by atoms with van der Waals surface area (Å²) < 4.78 is 0. The van der Waals surface area contributed by atoms with E-state index in [-0.39, 0.29) is 0 Å². The molecule has 3 aromatic rings. The minimum absolute atomic E-state index is 0.535. The van der Waals surface area contributed by atoms with E-state index in [4.69, 9.17) is 0 Å². The minimum Gasteiger partial charge on any atom is -0.309 e. The number of hydrogen-bond acceptors (Lipinski definition) is 5. The summed E-state index contributed by atoms with van der Waals surface area (Å²) in [6.45, 7) is 0. The third-order valence-corrected chi connectivity index (χ3v) is 3.48. The summed E-state index contributed by atoms with van der Waals surface area (Å²) in [4.78, 5) is 17.4. The number of rotatable bonds is 3. The molecule has 0 saturated carbocycles. The second-order valence-corrected chi connectivity index (χ2v) is 4.96. The second kappa shape index (κ2) is 5.37. The lowest BCUT2D eigenvalue weighted by Gasteiger charge is -2.07. The van der Waals surface area contributed by atoms with Crippen molar-refractivity contribution in [2.24, 2.45) is 4.99 Å². The molecule has 1 aliphatic rings. The first-order valence-corrected chi connectivity index (χ1v) is 7.05. The summed E-state index contributed by atoms with van der Waals surface area (Å²) in [6.07, 6.45) is 6.29. The average molecular weight is 287 g/mol. The van der Waals surface area contributed by atoms with Crippen LogP contribution in [0.2, 0.25) is 0 Å². The summed E-state index contributed by atoms with van der Waals surface area (Å²) in [5.74, 6) is 1.26. The van der Waals surface area contributed by atoms with E-state index >= 15 is 0 Å². The van der Waals surface area contributed by atoms with Crippen molar-refractivity contribution in [1.29, 1.82) is 0 Å². The van der Waals surface area contributed by atoms with Gasteiger partial charge in [-0.1, -0.05) is 12.1 Å². The van der Waals surface area contributed by atoms with E-state index in [0.29, 0.717) is 5.95 Å². The molecule has 0 atom stereocenters. The summed E-state index contributed by atoms with van der Waals surface area (Å²) in [6, 6.07) is 13.8. The molecule has 0 bridgehead atoms. The molecule has 1 aliphatic heterocycles. The zero-order valence-electron chi connectivity index (χ0n) is 11.8. The molecule has 0 unspecified atom stereocenters. The van der Waals surface area contributed by atoms with Crippen LogP contribution in [0.3, 0.4) is 0 Å². The molecule has 2 aromatic heterocycles. The van der Waals surface area contributed by atoms with Gasteiger partial charge in [0.25, 0.3) is 0 Å². The molecule has 5 heteroatoms. The van der Waals surface area contributed by atoms with Crippen molar-refractivity contribution in [2.75, 3.05) is 5.32 Å². The topological polar surface area (TPSA) is 63.1 Å². The molecule has 0 amide bonds. The number of aliphatic imine (C=N–C) groups is 1. The Bertz CT molecular complexity index is 843. The van der Waals surface area contributed by atoms with Gasteiger partial charge in [0.15, 0.2) is 0 Å². The highest BCUT2D eigenvalue weighted by molar-refractivity contribution is 5.78. The molecule has 3 heterocycles. The van der Waals surface area contributed by atoms with Crippen LogP contribution in [0.5, 0.6) is 0 Å². The van der Waals surface area contributed by atoms with E-state index in [1.165, 1.54) is 5.56 Å². The zero-order valence-corrected chi connectivity index (χ0v) is 11.8. The van der Waals surface area contributed by atoms with Crippen molar-refractivity contribution >= 4 is 23.7 Å². The number of aromatic nitrogens is 3. The average Bonchev–Trinajstić information content (AvgIpc) is 3.04. The predicted octanol–water partition coefficient (Wildman–Crippen LogP) is 3.54. The first-order chi connectivity index (χ1) is 10.9. The Kier molecular flexibility index (Phi) is 3.08. The van der Waals surface area contributed by atoms with Gasteiger partial charge >= 0.3 is 0 Å². The van der Waals surface area contributed by atoms with E-state index in [1.807, 2.05) is 42.6 Å². The quantitative estimate of drug-likeness (QED) is 0.800. The van der Waals surface area contributed by atoms with Gasteiger partial charge in [0.1, 0.15) is 5.82 Å². The molecule has 5 nitrogen and oxygen atoms in total. The molecule has 106 valence electrons. The van der Waals surface area contributed by atoms with Crippen molar-refractivity contribution in [1.82, 2.24) is 15.0 Å². The standard InChI is InChI=1S/C17H13N5/c1-2-8-19-16(3-1)22-17-20-10-7-15(21-17)12-4-5-14-13(11-12)6-9-18-14/h1-5,7-11H,6H2,(H,19,20,21,22). The van der Waals surface area contributed by atoms with Crippen molar-refractivity contribution < 1.29 is 0 Å². The molecule has 0 aliphatic carbocycles. The van der Waals surface area contributed by atoms with Crippen molar-refractivity contribution in [2.45, 2.75) is 6.42 Å². The highest BCUT2D eigenvalue weighted by Gasteiger charge is 2.09. The fourth-order valence-corrected chi connectivity index (χ4v) is 2.41. The van der Waals surface area contributed by atoms with Crippen molar-refractivity contribution in [3.8, 4) is 11.3 Å². The first kappa shape index (κ1) is 12.6. The number of nitrogens with zero attached hydrogens (tertiary/aromatic N) is 4. The number of benzene rings is 1. The molecule has 1 aromatic carbocycles. The Morgan fingerprint density at radius 3 is 2.86 bits per heavy atom. The van der Waals surface area contributed by atoms with Gasteiger partial charge in [-0.3, -0.25) is 4.99 Å². The van der Waals surface area contributed by atoms with Gasteiger partial charge in [-0.25, -0.2) is 15.0 Å². The van der Waals surface area contributed by atoms with Gasteiger partial charge in [-0.2, -0.15) is 0 Å². The maximum atomic E-state index is 4.56. The largest absolute Gasteiger partial charge is 0.309 e. The van der Waals surface area contributed by atoms with Crippen LogP contribution < -0.4 is 5.32 Å². The highest BCUT2D eigenvalue weighted by Crippen LogP contribution is 2.29. The Hall–Kier alpha value is -3.08. The molecular weight excluding hydrogens is 274 g/mol. The summed E-state index contributed by atoms with van der Waals surface area (Å²) in [5.41, 5.74) is 4.22. The maximum absolute atomic E-state index is 4.56. The van der Waals surface area contributed by atoms with Gasteiger partial charge in [-0.05, 0) is 35.9 Å². The van der Waals surface area contributed by atoms with Crippen LogP contribution in [0.25, 0.3) is 11.3 Å². The predicted molar refractivity (Wildman–Crippen MR) is 86.8 cm³/mol. The number of fused-ring (bicyclic) bond motifs is 1. The summed E-state index contributed by atoms with van der Waals surface area (Å²) >= 11 is 0. The first-order valence-electron chi connectivity index (χ1n) is 7.05. The van der Waals surface area contributed by atoms with Crippen molar-refractivity contribution in [3.63, 3.8) is 0 Å². The Morgan fingerprint density at radius 1 is 0.955 bits per heavy atom. The molecule has 0 spiro atoms. The SMILES string of the molecule is C1=Nc2ccc(-c3ccnc(Nc4ccccn4)n3)cc2C1. The number of pyridine rings is 1. The van der Waals surface area contributed by atoms with Crippen molar-refractivity contribution in [3.05, 3.63) is 60.4 Å². The number of anilines is 2. The Labute approximate surface area is 127 Å². The zero-order chi connectivity index (χ0) is 14.8. The summed E-state index contributed by atoms with van der Waals surface area (Å²) in [5, 5.41) is 3.11. The van der Waals surface area contributed by atoms with Gasteiger partial charge in [0.05, 0.1) is 11.4 Å². The van der Waals surface area contributed by atoms with Crippen LogP contribution in [0.15, 0.2) is 59.9 Å². The van der Waals surface area contributed by atoms with Gasteiger partial charge in [0.2, 0.25) is 5.95 Å². The number of hydrogen-bond donors (Lipinski definition) is 1. The molecular formula is C17H13N5. The molecule has 1 N–H and O–H groups in total. The van der Waals surface area contributed by atoms with Crippen LogP contribution in [-0.2, 0) is 6.42 Å².